The van der Waals surface area contributed by atoms with E-state index < -0.39 is 0 Å². The molecule has 1 fully saturated rings. The number of carbonyl (C=O) groups excluding carboxylic acids is 1. The Hall–Kier alpha value is -1.52. The maximum Gasteiger partial charge on any atom is 0.317 e. The molecule has 2 amide bonds. The highest BCUT2D eigenvalue weighted by Gasteiger charge is 2.20. The molecule has 0 unspecified atom stereocenters. The lowest BCUT2D eigenvalue weighted by Gasteiger charge is -2.30. The van der Waals surface area contributed by atoms with E-state index in [4.69, 9.17) is 0 Å². The van der Waals surface area contributed by atoms with Crippen molar-refractivity contribution in [3.63, 3.8) is 0 Å². The van der Waals surface area contributed by atoms with Gasteiger partial charge in [0.05, 0.1) is 5.69 Å². The van der Waals surface area contributed by atoms with Crippen molar-refractivity contribution in [2.75, 3.05) is 13.1 Å². The Morgan fingerprint density at radius 2 is 2.16 bits per heavy atom. The molecule has 2 rings (SSSR count). The van der Waals surface area contributed by atoms with Crippen LogP contribution in [0.25, 0.3) is 0 Å². The van der Waals surface area contributed by atoms with Gasteiger partial charge in [0.15, 0.2) is 0 Å². The molecular formula is C14H24N4O. The smallest absolute Gasteiger partial charge is 0.317 e. The SMILES string of the molecule is CCc1nn(C)cc1CNC(=O)N1CCC(C)CC1. The summed E-state index contributed by atoms with van der Waals surface area (Å²) in [6.45, 7) is 6.65. The molecule has 1 aromatic rings. The molecule has 0 saturated carbocycles. The van der Waals surface area contributed by atoms with Crippen molar-refractivity contribution >= 4 is 6.03 Å². The Kier molecular flexibility index (Phi) is 4.45. The van der Waals surface area contributed by atoms with Crippen molar-refractivity contribution in [2.24, 2.45) is 13.0 Å². The quantitative estimate of drug-likeness (QED) is 0.907. The summed E-state index contributed by atoms with van der Waals surface area (Å²) in [7, 11) is 1.91. The molecule has 0 bridgehead atoms. The molecule has 106 valence electrons. The molecule has 1 N–H and O–H groups in total. The van der Waals surface area contributed by atoms with E-state index in [-0.39, 0.29) is 6.03 Å². The molecule has 1 aromatic heterocycles. The number of aromatic nitrogens is 2. The van der Waals surface area contributed by atoms with E-state index in [2.05, 4.69) is 24.3 Å². The number of likely N-dealkylation sites (tertiary alicyclic amines) is 1. The molecule has 0 spiro atoms. The second kappa shape index (κ2) is 6.08. The highest BCUT2D eigenvalue weighted by Crippen LogP contribution is 2.16. The van der Waals surface area contributed by atoms with Gasteiger partial charge in [-0.05, 0) is 25.2 Å². The number of carbonyl (C=O) groups is 1. The third-order valence-electron chi connectivity index (χ3n) is 3.83. The van der Waals surface area contributed by atoms with Gasteiger partial charge in [0, 0.05) is 38.4 Å². The second-order valence-corrected chi connectivity index (χ2v) is 5.46. The Balaban J connectivity index is 1.86. The lowest BCUT2D eigenvalue weighted by molar-refractivity contribution is 0.173. The van der Waals surface area contributed by atoms with Gasteiger partial charge >= 0.3 is 6.03 Å². The van der Waals surface area contributed by atoms with Crippen LogP contribution in [-0.2, 0) is 20.0 Å². The Labute approximate surface area is 115 Å². The summed E-state index contributed by atoms with van der Waals surface area (Å²) in [4.78, 5) is 14.0. The predicted molar refractivity (Wildman–Crippen MR) is 74.8 cm³/mol. The predicted octanol–water partition coefficient (Wildman–Crippen LogP) is 1.92. The van der Waals surface area contributed by atoms with Crippen molar-refractivity contribution in [1.29, 1.82) is 0 Å². The number of hydrogen-bond acceptors (Lipinski definition) is 2. The van der Waals surface area contributed by atoms with Crippen LogP contribution < -0.4 is 5.32 Å². The summed E-state index contributed by atoms with van der Waals surface area (Å²) < 4.78 is 1.81. The molecule has 1 saturated heterocycles. The van der Waals surface area contributed by atoms with E-state index in [0.29, 0.717) is 6.54 Å². The van der Waals surface area contributed by atoms with Gasteiger partial charge < -0.3 is 10.2 Å². The van der Waals surface area contributed by atoms with Gasteiger partial charge in [0.25, 0.3) is 0 Å². The molecule has 19 heavy (non-hydrogen) atoms. The zero-order chi connectivity index (χ0) is 13.8. The number of urea groups is 1. The van der Waals surface area contributed by atoms with E-state index >= 15 is 0 Å². The van der Waals surface area contributed by atoms with E-state index in [1.54, 1.807) is 0 Å². The van der Waals surface area contributed by atoms with Crippen molar-refractivity contribution < 1.29 is 4.79 Å². The van der Waals surface area contributed by atoms with Crippen LogP contribution in [0.1, 0.15) is 37.9 Å². The summed E-state index contributed by atoms with van der Waals surface area (Å²) in [5.74, 6) is 0.745. The van der Waals surface area contributed by atoms with Crippen LogP contribution in [0.3, 0.4) is 0 Å². The zero-order valence-electron chi connectivity index (χ0n) is 12.1. The average Bonchev–Trinajstić information content (AvgIpc) is 2.77. The highest BCUT2D eigenvalue weighted by atomic mass is 16.2. The molecule has 0 atom stereocenters. The first-order valence-electron chi connectivity index (χ1n) is 7.14. The summed E-state index contributed by atoms with van der Waals surface area (Å²) in [6.07, 6.45) is 5.10. The molecule has 5 heteroatoms. The zero-order valence-corrected chi connectivity index (χ0v) is 12.1. The van der Waals surface area contributed by atoms with Crippen LogP contribution in [-0.4, -0.2) is 33.8 Å². The summed E-state index contributed by atoms with van der Waals surface area (Å²) in [5.41, 5.74) is 2.18. The number of aryl methyl sites for hydroxylation is 2. The van der Waals surface area contributed by atoms with Crippen LogP contribution in [0.15, 0.2) is 6.20 Å². The lowest BCUT2D eigenvalue weighted by Crippen LogP contribution is -2.43. The molecular weight excluding hydrogens is 240 g/mol. The first kappa shape index (κ1) is 13.9. The van der Waals surface area contributed by atoms with Crippen LogP contribution in [0.2, 0.25) is 0 Å². The molecule has 1 aliphatic rings. The van der Waals surface area contributed by atoms with E-state index in [1.165, 1.54) is 0 Å². The molecule has 0 radical (unpaired) electrons. The minimum absolute atomic E-state index is 0.0535. The average molecular weight is 264 g/mol. The first-order valence-corrected chi connectivity index (χ1v) is 7.14. The topological polar surface area (TPSA) is 50.2 Å². The van der Waals surface area contributed by atoms with Crippen molar-refractivity contribution in [2.45, 2.75) is 39.7 Å². The number of hydrogen-bond donors (Lipinski definition) is 1. The van der Waals surface area contributed by atoms with Gasteiger partial charge in [-0.2, -0.15) is 5.10 Å². The molecule has 0 aliphatic carbocycles. The lowest BCUT2D eigenvalue weighted by atomic mass is 10.00. The molecule has 2 heterocycles. The van der Waals surface area contributed by atoms with Crippen LogP contribution in [0, 0.1) is 5.92 Å². The number of piperidine rings is 1. The van der Waals surface area contributed by atoms with Crippen LogP contribution in [0.4, 0.5) is 4.79 Å². The molecule has 0 aromatic carbocycles. The summed E-state index contributed by atoms with van der Waals surface area (Å²) >= 11 is 0. The monoisotopic (exact) mass is 264 g/mol. The number of amides is 2. The van der Waals surface area contributed by atoms with Gasteiger partial charge in [-0.1, -0.05) is 13.8 Å². The largest absolute Gasteiger partial charge is 0.334 e. The van der Waals surface area contributed by atoms with E-state index in [9.17, 15) is 4.79 Å². The van der Waals surface area contributed by atoms with Crippen molar-refractivity contribution in [3.05, 3.63) is 17.5 Å². The minimum atomic E-state index is 0.0535. The van der Waals surface area contributed by atoms with Crippen LogP contribution in [0.5, 0.6) is 0 Å². The first-order chi connectivity index (χ1) is 9.10. The summed E-state index contributed by atoms with van der Waals surface area (Å²) in [6, 6.07) is 0.0535. The molecule has 1 aliphatic heterocycles. The summed E-state index contributed by atoms with van der Waals surface area (Å²) in [5, 5.41) is 7.39. The van der Waals surface area contributed by atoms with Crippen LogP contribution >= 0.6 is 0 Å². The Bertz CT molecular complexity index is 433. The Morgan fingerprint density at radius 1 is 1.47 bits per heavy atom. The standard InChI is InChI=1S/C14H24N4O/c1-4-13-12(10-17(3)16-13)9-15-14(19)18-7-5-11(2)6-8-18/h10-11H,4-9H2,1-3H3,(H,15,19). The van der Waals surface area contributed by atoms with Gasteiger partial charge in [0.1, 0.15) is 0 Å². The number of nitrogens with zero attached hydrogens (tertiary/aromatic N) is 3. The second-order valence-electron chi connectivity index (χ2n) is 5.46. The Morgan fingerprint density at radius 3 is 2.79 bits per heavy atom. The normalized spacial score (nSPS) is 16.7. The fourth-order valence-electron chi connectivity index (χ4n) is 2.52. The third kappa shape index (κ3) is 3.49. The van der Waals surface area contributed by atoms with Gasteiger partial charge in [-0.25, -0.2) is 4.79 Å². The number of rotatable bonds is 3. The highest BCUT2D eigenvalue weighted by molar-refractivity contribution is 5.74. The van der Waals surface area contributed by atoms with Crippen molar-refractivity contribution in [1.82, 2.24) is 20.0 Å². The van der Waals surface area contributed by atoms with Gasteiger partial charge in [-0.15, -0.1) is 0 Å². The van der Waals surface area contributed by atoms with Gasteiger partial charge in [-0.3, -0.25) is 4.68 Å². The maximum atomic E-state index is 12.1. The van der Waals surface area contributed by atoms with E-state index in [0.717, 1.165) is 49.5 Å². The van der Waals surface area contributed by atoms with Crippen molar-refractivity contribution in [3.8, 4) is 0 Å². The third-order valence-corrected chi connectivity index (χ3v) is 3.83. The fourth-order valence-corrected chi connectivity index (χ4v) is 2.52. The minimum Gasteiger partial charge on any atom is -0.334 e. The number of nitrogens with one attached hydrogen (secondary N) is 1. The fraction of sp³-hybridized carbons (Fsp3) is 0.714. The maximum absolute atomic E-state index is 12.1. The van der Waals surface area contributed by atoms with E-state index in [1.807, 2.05) is 22.8 Å². The molecule has 5 nitrogen and oxygen atoms in total. The van der Waals surface area contributed by atoms with Gasteiger partial charge in [0.2, 0.25) is 0 Å².